The SMILES string of the molecule is CCC1(CC)OC(=O)N(CCC(C)(C)NCC(O)C2Oc3cccc(OCc4ccccc4)c3NC2=O)c2c(OC)cccc21. The Balaban J connectivity index is 1.21. The maximum absolute atomic E-state index is 13.3. The highest BCUT2D eigenvalue weighted by Crippen LogP contribution is 2.47. The van der Waals surface area contributed by atoms with E-state index in [2.05, 4.69) is 10.6 Å². The third kappa shape index (κ3) is 6.72. The first-order valence-electron chi connectivity index (χ1n) is 15.5. The van der Waals surface area contributed by atoms with Crippen LogP contribution < -0.4 is 29.7 Å². The minimum atomic E-state index is -1.14. The zero-order chi connectivity index (χ0) is 32.2. The number of rotatable bonds is 13. The van der Waals surface area contributed by atoms with Crippen LogP contribution in [0.2, 0.25) is 0 Å². The number of carbonyl (C=O) groups is 2. The fraction of sp³-hybridized carbons (Fsp3) is 0.429. The predicted molar refractivity (Wildman–Crippen MR) is 172 cm³/mol. The van der Waals surface area contributed by atoms with E-state index < -0.39 is 35.3 Å². The Hall–Kier alpha value is -4.28. The molecular formula is C35H43N3O7. The van der Waals surface area contributed by atoms with Crippen molar-refractivity contribution in [2.45, 2.75) is 76.9 Å². The Kier molecular flexibility index (Phi) is 9.55. The number of carbonyl (C=O) groups excluding carboxylic acids is 2. The molecule has 0 aromatic heterocycles. The molecule has 2 aliphatic rings. The fourth-order valence-corrected chi connectivity index (χ4v) is 5.87. The molecule has 0 radical (unpaired) electrons. The molecule has 0 aliphatic carbocycles. The van der Waals surface area contributed by atoms with Gasteiger partial charge < -0.3 is 34.7 Å². The number of anilines is 2. The van der Waals surface area contributed by atoms with Crippen LogP contribution in [0.15, 0.2) is 66.7 Å². The number of hydrogen-bond acceptors (Lipinski definition) is 8. The number of para-hydroxylation sites is 2. The van der Waals surface area contributed by atoms with Gasteiger partial charge in [-0.25, -0.2) is 4.79 Å². The molecule has 3 aromatic carbocycles. The van der Waals surface area contributed by atoms with Crippen molar-refractivity contribution < 1.29 is 33.6 Å². The molecule has 0 saturated carbocycles. The topological polar surface area (TPSA) is 119 Å². The highest BCUT2D eigenvalue weighted by molar-refractivity contribution is 5.99. The molecule has 45 heavy (non-hydrogen) atoms. The lowest BCUT2D eigenvalue weighted by molar-refractivity contribution is -0.128. The van der Waals surface area contributed by atoms with E-state index in [0.717, 1.165) is 16.8 Å². The van der Waals surface area contributed by atoms with Crippen molar-refractivity contribution in [3.63, 3.8) is 0 Å². The molecule has 3 aromatic rings. The number of nitrogens with zero attached hydrogens (tertiary/aromatic N) is 1. The molecule has 2 heterocycles. The molecule has 2 aliphatic heterocycles. The Labute approximate surface area is 264 Å². The van der Waals surface area contributed by atoms with Gasteiger partial charge in [0, 0.05) is 24.2 Å². The highest BCUT2D eigenvalue weighted by Gasteiger charge is 2.44. The van der Waals surface area contributed by atoms with Gasteiger partial charge in [-0.1, -0.05) is 62.4 Å². The lowest BCUT2D eigenvalue weighted by Crippen LogP contribution is -2.53. The van der Waals surface area contributed by atoms with Crippen molar-refractivity contribution >= 4 is 23.4 Å². The summed E-state index contributed by atoms with van der Waals surface area (Å²) in [5.74, 6) is 1.07. The maximum Gasteiger partial charge on any atom is 0.415 e. The van der Waals surface area contributed by atoms with E-state index in [-0.39, 0.29) is 6.54 Å². The van der Waals surface area contributed by atoms with Crippen molar-refractivity contribution in [3.8, 4) is 17.2 Å². The Morgan fingerprint density at radius 1 is 1.02 bits per heavy atom. The van der Waals surface area contributed by atoms with Gasteiger partial charge in [0.15, 0.2) is 0 Å². The average molecular weight is 618 g/mol. The third-order valence-corrected chi connectivity index (χ3v) is 8.71. The summed E-state index contributed by atoms with van der Waals surface area (Å²) in [6.45, 7) is 8.77. The number of β-amino-alcohol motifs (C(OH)–C–C–N with tert-alkyl or cyclic N) is 1. The molecule has 0 saturated heterocycles. The van der Waals surface area contributed by atoms with Gasteiger partial charge in [0.1, 0.15) is 41.2 Å². The van der Waals surface area contributed by atoms with Crippen molar-refractivity contribution in [1.82, 2.24) is 5.32 Å². The van der Waals surface area contributed by atoms with Crippen molar-refractivity contribution in [2.24, 2.45) is 0 Å². The van der Waals surface area contributed by atoms with Crippen LogP contribution in [0.25, 0.3) is 0 Å². The molecular weight excluding hydrogens is 574 g/mol. The zero-order valence-electron chi connectivity index (χ0n) is 26.6. The Bertz CT molecular complexity index is 1510. The molecule has 0 fully saturated rings. The average Bonchev–Trinajstić information content (AvgIpc) is 3.05. The van der Waals surface area contributed by atoms with E-state index in [1.807, 2.05) is 76.2 Å². The minimum Gasteiger partial charge on any atom is -0.495 e. The van der Waals surface area contributed by atoms with E-state index in [1.54, 1.807) is 30.2 Å². The van der Waals surface area contributed by atoms with Gasteiger partial charge in [-0.2, -0.15) is 0 Å². The summed E-state index contributed by atoms with van der Waals surface area (Å²) in [4.78, 5) is 28.0. The molecule has 0 spiro atoms. The van der Waals surface area contributed by atoms with Gasteiger partial charge in [0.25, 0.3) is 5.91 Å². The maximum atomic E-state index is 13.3. The number of fused-ring (bicyclic) bond motifs is 2. The normalized spacial score (nSPS) is 17.7. The van der Waals surface area contributed by atoms with Gasteiger partial charge in [0.05, 0.1) is 12.8 Å². The lowest BCUT2D eigenvalue weighted by atomic mass is 9.85. The van der Waals surface area contributed by atoms with Crippen molar-refractivity contribution in [2.75, 3.05) is 30.4 Å². The predicted octanol–water partition coefficient (Wildman–Crippen LogP) is 5.77. The van der Waals surface area contributed by atoms with Crippen LogP contribution in [0.4, 0.5) is 16.2 Å². The second kappa shape index (κ2) is 13.4. The summed E-state index contributed by atoms with van der Waals surface area (Å²) in [5, 5.41) is 17.3. The molecule has 3 N–H and O–H groups in total. The van der Waals surface area contributed by atoms with E-state index in [1.165, 1.54) is 0 Å². The van der Waals surface area contributed by atoms with Crippen LogP contribution in [0, 0.1) is 0 Å². The van der Waals surface area contributed by atoms with Crippen molar-refractivity contribution in [1.29, 1.82) is 0 Å². The van der Waals surface area contributed by atoms with Gasteiger partial charge in [-0.05, 0) is 56.9 Å². The molecule has 2 amide bonds. The first kappa shape index (κ1) is 32.1. The largest absolute Gasteiger partial charge is 0.495 e. The number of ether oxygens (including phenoxy) is 4. The smallest absolute Gasteiger partial charge is 0.415 e. The number of cyclic esters (lactones) is 1. The fourth-order valence-electron chi connectivity index (χ4n) is 5.87. The van der Waals surface area contributed by atoms with Crippen LogP contribution >= 0.6 is 0 Å². The number of aliphatic hydroxyl groups is 1. The quantitative estimate of drug-likeness (QED) is 0.221. The number of amides is 2. The third-order valence-electron chi connectivity index (χ3n) is 8.71. The molecule has 5 rings (SSSR count). The molecule has 2 atom stereocenters. The van der Waals surface area contributed by atoms with Crippen molar-refractivity contribution in [3.05, 3.63) is 77.9 Å². The Morgan fingerprint density at radius 3 is 2.44 bits per heavy atom. The van der Waals surface area contributed by atoms with E-state index in [0.29, 0.717) is 55.4 Å². The number of aliphatic hydroxyl groups excluding tert-OH is 1. The zero-order valence-corrected chi connectivity index (χ0v) is 26.6. The second-order valence-corrected chi connectivity index (χ2v) is 12.1. The molecule has 0 bridgehead atoms. The lowest BCUT2D eigenvalue weighted by Gasteiger charge is -2.43. The van der Waals surface area contributed by atoms with E-state index >= 15 is 0 Å². The van der Waals surface area contributed by atoms with Crippen LogP contribution in [0.3, 0.4) is 0 Å². The van der Waals surface area contributed by atoms with E-state index in [4.69, 9.17) is 18.9 Å². The summed E-state index contributed by atoms with van der Waals surface area (Å²) in [6.07, 6.45) is -0.837. The molecule has 10 heteroatoms. The second-order valence-electron chi connectivity index (χ2n) is 12.1. The van der Waals surface area contributed by atoms with E-state index in [9.17, 15) is 14.7 Å². The van der Waals surface area contributed by atoms with Crippen LogP contribution in [0.5, 0.6) is 17.2 Å². The summed E-state index contributed by atoms with van der Waals surface area (Å²) in [5.41, 5.74) is 1.87. The first-order valence-corrected chi connectivity index (χ1v) is 15.5. The van der Waals surface area contributed by atoms with Gasteiger partial charge in [-0.15, -0.1) is 0 Å². The summed E-state index contributed by atoms with van der Waals surface area (Å²) in [7, 11) is 1.60. The van der Waals surface area contributed by atoms with Crippen LogP contribution in [-0.2, 0) is 21.7 Å². The Morgan fingerprint density at radius 2 is 1.73 bits per heavy atom. The van der Waals surface area contributed by atoms with Crippen LogP contribution in [0.1, 0.15) is 58.1 Å². The highest BCUT2D eigenvalue weighted by atomic mass is 16.6. The summed E-state index contributed by atoms with van der Waals surface area (Å²) >= 11 is 0. The standard InChI is InChI=1S/C35H43N3O7/c1-6-35(7-2)24-15-11-18-28(42-5)30(24)38(33(41)45-35)20-19-34(3,4)36-21-25(39)31-32(40)37-29-26(16-12-17-27(29)44-31)43-22-23-13-9-8-10-14-23/h8-18,25,31,36,39H,6-7,19-22H2,1-5H3,(H,37,40). The molecule has 10 nitrogen and oxygen atoms in total. The van der Waals surface area contributed by atoms with Gasteiger partial charge in [0.2, 0.25) is 6.10 Å². The molecule has 2 unspecified atom stereocenters. The van der Waals surface area contributed by atoms with Gasteiger partial charge in [-0.3, -0.25) is 9.69 Å². The number of hydrogen-bond donors (Lipinski definition) is 3. The van der Waals surface area contributed by atoms with Crippen LogP contribution in [-0.4, -0.2) is 55.1 Å². The number of methoxy groups -OCH3 is 1. The minimum absolute atomic E-state index is 0.0871. The first-order chi connectivity index (χ1) is 21.6. The number of nitrogens with one attached hydrogen (secondary N) is 2. The summed E-state index contributed by atoms with van der Waals surface area (Å²) < 4.78 is 23.6. The monoisotopic (exact) mass is 617 g/mol. The molecule has 240 valence electrons. The summed E-state index contributed by atoms with van der Waals surface area (Å²) in [6, 6.07) is 20.8. The number of benzene rings is 3. The van der Waals surface area contributed by atoms with Gasteiger partial charge >= 0.3 is 6.09 Å².